The second kappa shape index (κ2) is 3.05. The topological polar surface area (TPSA) is 24.1 Å². The molecule has 2 N–H and O–H groups in total. The van der Waals surface area contributed by atoms with Crippen molar-refractivity contribution in [2.24, 2.45) is 0 Å². The van der Waals surface area contributed by atoms with Crippen LogP contribution in [-0.4, -0.2) is 26.2 Å². The van der Waals surface area contributed by atoms with Gasteiger partial charge in [-0.25, -0.2) is 0 Å². The molecule has 48 valence electrons. The number of nitrogens with one attached hydrogen (secondary N) is 2. The molecule has 1 saturated heterocycles. The van der Waals surface area contributed by atoms with Crippen LogP contribution >= 0.6 is 0 Å². The molecule has 1 rings (SSSR count). The molecule has 1 aliphatic rings. The summed E-state index contributed by atoms with van der Waals surface area (Å²) in [5.74, 6) is 0. The van der Waals surface area contributed by atoms with Gasteiger partial charge >= 0.3 is 0 Å². The van der Waals surface area contributed by atoms with Gasteiger partial charge in [0.1, 0.15) is 0 Å². The van der Waals surface area contributed by atoms with E-state index in [0.717, 1.165) is 12.6 Å². The van der Waals surface area contributed by atoms with Crippen LogP contribution < -0.4 is 10.6 Å². The van der Waals surface area contributed by atoms with E-state index in [1.807, 2.05) is 7.05 Å². The van der Waals surface area contributed by atoms with Gasteiger partial charge < -0.3 is 10.6 Å². The van der Waals surface area contributed by atoms with Crippen molar-refractivity contribution < 1.29 is 0 Å². The fraction of sp³-hybridized carbons (Fsp3) is 1.00. The van der Waals surface area contributed by atoms with Crippen LogP contribution in [0.15, 0.2) is 0 Å². The average Bonchev–Trinajstić information content (AvgIpc) is 2.19. The molecule has 2 heteroatoms. The highest BCUT2D eigenvalue weighted by Crippen LogP contribution is 2.02. The first kappa shape index (κ1) is 6.05. The summed E-state index contributed by atoms with van der Waals surface area (Å²) in [6.07, 6.45) is 2.70. The van der Waals surface area contributed by atoms with E-state index in [0.29, 0.717) is 0 Å². The number of hydrogen-bond acceptors (Lipinski definition) is 2. The molecular weight excluding hydrogens is 100 g/mol. The van der Waals surface area contributed by atoms with Crippen LogP contribution in [0.2, 0.25) is 0 Å². The molecule has 0 saturated carbocycles. The van der Waals surface area contributed by atoms with Gasteiger partial charge in [-0.05, 0) is 26.4 Å². The predicted octanol–water partition coefficient (Wildman–Crippen LogP) is -0.0422. The van der Waals surface area contributed by atoms with Gasteiger partial charge in [-0.1, -0.05) is 0 Å². The molecule has 8 heavy (non-hydrogen) atoms. The third-order valence-electron chi connectivity index (χ3n) is 1.61. The molecule has 2 nitrogen and oxygen atoms in total. The third-order valence-corrected chi connectivity index (χ3v) is 1.61. The Balaban J connectivity index is 2.06. The molecule has 1 atom stereocenters. The summed E-state index contributed by atoms with van der Waals surface area (Å²) in [5.41, 5.74) is 0. The number of hydrogen-bond donors (Lipinski definition) is 2. The van der Waals surface area contributed by atoms with Gasteiger partial charge in [0.25, 0.3) is 0 Å². The normalized spacial score (nSPS) is 28.9. The molecule has 0 amide bonds. The van der Waals surface area contributed by atoms with Crippen LogP contribution in [0.5, 0.6) is 0 Å². The maximum atomic E-state index is 3.40. The first-order valence-electron chi connectivity index (χ1n) is 3.31. The molecule has 0 radical (unpaired) electrons. The molecule has 0 aromatic heterocycles. The van der Waals surface area contributed by atoms with E-state index in [1.165, 1.54) is 19.4 Å². The molecule has 0 unspecified atom stereocenters. The SMILES string of the molecule is CNC[C@H]1CCCN1. The lowest BCUT2D eigenvalue weighted by Crippen LogP contribution is -2.31. The van der Waals surface area contributed by atoms with Crippen LogP contribution in [-0.2, 0) is 0 Å². The van der Waals surface area contributed by atoms with Crippen LogP contribution in [0.1, 0.15) is 12.8 Å². The Bertz CT molecular complexity index is 57.5. The fourth-order valence-electron chi connectivity index (χ4n) is 1.18. The van der Waals surface area contributed by atoms with E-state index in [2.05, 4.69) is 10.6 Å². The summed E-state index contributed by atoms with van der Waals surface area (Å²) in [7, 11) is 2.00. The average molecular weight is 114 g/mol. The molecular formula is C6H14N2. The fourth-order valence-corrected chi connectivity index (χ4v) is 1.18. The Morgan fingerprint density at radius 1 is 1.75 bits per heavy atom. The minimum absolute atomic E-state index is 0.750. The van der Waals surface area contributed by atoms with Gasteiger partial charge in [0.2, 0.25) is 0 Å². The maximum absolute atomic E-state index is 3.40. The molecule has 0 aromatic rings. The highest BCUT2D eigenvalue weighted by atomic mass is 15.0. The van der Waals surface area contributed by atoms with E-state index in [4.69, 9.17) is 0 Å². The standard InChI is InChI=1S/C6H14N2/c1-7-5-6-3-2-4-8-6/h6-8H,2-5H2,1H3/t6-/m1/s1. The highest BCUT2D eigenvalue weighted by Gasteiger charge is 2.11. The van der Waals surface area contributed by atoms with E-state index >= 15 is 0 Å². The lowest BCUT2D eigenvalue weighted by atomic mass is 10.2. The smallest absolute Gasteiger partial charge is 0.0192 e. The van der Waals surface area contributed by atoms with Gasteiger partial charge in [-0.15, -0.1) is 0 Å². The Morgan fingerprint density at radius 3 is 3.12 bits per heavy atom. The van der Waals surface area contributed by atoms with Gasteiger partial charge in [-0.3, -0.25) is 0 Å². The minimum atomic E-state index is 0.750. The van der Waals surface area contributed by atoms with Crippen LogP contribution in [0, 0.1) is 0 Å². The van der Waals surface area contributed by atoms with Gasteiger partial charge in [0, 0.05) is 12.6 Å². The molecule has 1 fully saturated rings. The van der Waals surface area contributed by atoms with Gasteiger partial charge in [-0.2, -0.15) is 0 Å². The molecule has 1 aliphatic heterocycles. The summed E-state index contributed by atoms with van der Waals surface area (Å²) in [4.78, 5) is 0. The Kier molecular flexibility index (Phi) is 2.30. The Morgan fingerprint density at radius 2 is 2.62 bits per heavy atom. The van der Waals surface area contributed by atoms with Crippen molar-refractivity contribution >= 4 is 0 Å². The zero-order valence-corrected chi connectivity index (χ0v) is 5.41. The maximum Gasteiger partial charge on any atom is 0.0192 e. The van der Waals surface area contributed by atoms with Crippen LogP contribution in [0.4, 0.5) is 0 Å². The first-order chi connectivity index (χ1) is 3.93. The summed E-state index contributed by atoms with van der Waals surface area (Å²) in [5, 5.41) is 6.54. The largest absolute Gasteiger partial charge is 0.318 e. The van der Waals surface area contributed by atoms with Crippen molar-refractivity contribution in [1.29, 1.82) is 0 Å². The number of rotatable bonds is 2. The first-order valence-corrected chi connectivity index (χ1v) is 3.31. The summed E-state index contributed by atoms with van der Waals surface area (Å²) < 4.78 is 0. The molecule has 1 heterocycles. The van der Waals surface area contributed by atoms with E-state index in [-0.39, 0.29) is 0 Å². The van der Waals surface area contributed by atoms with Gasteiger partial charge in [0.15, 0.2) is 0 Å². The van der Waals surface area contributed by atoms with Crippen LogP contribution in [0.25, 0.3) is 0 Å². The summed E-state index contributed by atoms with van der Waals surface area (Å²) in [6, 6.07) is 0.750. The van der Waals surface area contributed by atoms with Gasteiger partial charge in [0.05, 0.1) is 0 Å². The molecule has 0 bridgehead atoms. The van der Waals surface area contributed by atoms with E-state index in [9.17, 15) is 0 Å². The van der Waals surface area contributed by atoms with Crippen molar-refractivity contribution in [1.82, 2.24) is 10.6 Å². The molecule has 0 aromatic carbocycles. The van der Waals surface area contributed by atoms with Crippen molar-refractivity contribution in [2.45, 2.75) is 18.9 Å². The van der Waals surface area contributed by atoms with E-state index in [1.54, 1.807) is 0 Å². The summed E-state index contributed by atoms with van der Waals surface area (Å²) in [6.45, 7) is 2.34. The van der Waals surface area contributed by atoms with Crippen molar-refractivity contribution in [3.05, 3.63) is 0 Å². The predicted molar refractivity (Wildman–Crippen MR) is 35.0 cm³/mol. The van der Waals surface area contributed by atoms with Crippen LogP contribution in [0.3, 0.4) is 0 Å². The second-order valence-corrected chi connectivity index (χ2v) is 2.35. The number of likely N-dealkylation sites (N-methyl/N-ethyl adjacent to an activating group) is 1. The molecule has 0 spiro atoms. The zero-order valence-electron chi connectivity index (χ0n) is 5.41. The Labute approximate surface area is 50.7 Å². The van der Waals surface area contributed by atoms with Crippen molar-refractivity contribution in [3.63, 3.8) is 0 Å². The lowest BCUT2D eigenvalue weighted by molar-refractivity contribution is 0.568. The lowest BCUT2D eigenvalue weighted by Gasteiger charge is -2.06. The Hall–Kier alpha value is -0.0800. The third kappa shape index (κ3) is 1.46. The van der Waals surface area contributed by atoms with Crippen molar-refractivity contribution in [2.75, 3.05) is 20.1 Å². The van der Waals surface area contributed by atoms with Crippen molar-refractivity contribution in [3.8, 4) is 0 Å². The summed E-state index contributed by atoms with van der Waals surface area (Å²) >= 11 is 0. The van der Waals surface area contributed by atoms with E-state index < -0.39 is 0 Å². The quantitative estimate of drug-likeness (QED) is 0.526. The molecule has 0 aliphatic carbocycles. The highest BCUT2D eigenvalue weighted by molar-refractivity contribution is 4.74. The zero-order chi connectivity index (χ0) is 5.82. The second-order valence-electron chi connectivity index (χ2n) is 2.35. The minimum Gasteiger partial charge on any atom is -0.318 e. The monoisotopic (exact) mass is 114 g/mol.